The number of esters is 1. The van der Waals surface area contributed by atoms with Gasteiger partial charge in [0.25, 0.3) is 0 Å². The van der Waals surface area contributed by atoms with Crippen molar-refractivity contribution in [1.29, 1.82) is 0 Å². The SMILES string of the molecule is COC(=O)c1cn([C@@H]2C[C@@H](C(=O)NCCc3c[nH]c4ccccc34)N(Cc3ccc(C(C)C)cc3)C2)nn1. The van der Waals surface area contributed by atoms with Gasteiger partial charge in [-0.2, -0.15) is 0 Å². The van der Waals surface area contributed by atoms with Crippen LogP contribution < -0.4 is 5.32 Å². The normalized spacial score (nSPS) is 17.8. The van der Waals surface area contributed by atoms with Crippen LogP contribution in [0.1, 0.15) is 59.4 Å². The molecule has 5 rings (SSSR count). The van der Waals surface area contributed by atoms with Crippen LogP contribution in [-0.2, 0) is 22.5 Å². The minimum Gasteiger partial charge on any atom is -0.464 e. The molecule has 0 radical (unpaired) electrons. The number of para-hydroxylation sites is 1. The molecule has 0 aliphatic carbocycles. The molecule has 1 amide bonds. The third kappa shape index (κ3) is 5.47. The molecule has 9 heteroatoms. The first-order chi connectivity index (χ1) is 18.4. The summed E-state index contributed by atoms with van der Waals surface area (Å²) in [6, 6.07) is 16.4. The number of nitrogens with one attached hydrogen (secondary N) is 2. The maximum atomic E-state index is 13.4. The first-order valence-corrected chi connectivity index (χ1v) is 13.1. The molecule has 0 unspecified atom stereocenters. The van der Waals surface area contributed by atoms with Crippen molar-refractivity contribution in [3.8, 4) is 0 Å². The Labute approximate surface area is 222 Å². The third-order valence-corrected chi connectivity index (χ3v) is 7.36. The molecule has 4 aromatic rings. The van der Waals surface area contributed by atoms with E-state index in [1.807, 2.05) is 18.3 Å². The van der Waals surface area contributed by atoms with Gasteiger partial charge in [-0.1, -0.05) is 61.5 Å². The third-order valence-electron chi connectivity index (χ3n) is 7.36. The average Bonchev–Trinajstić information content (AvgIpc) is 3.67. The van der Waals surface area contributed by atoms with Gasteiger partial charge < -0.3 is 15.0 Å². The monoisotopic (exact) mass is 514 g/mol. The van der Waals surface area contributed by atoms with Crippen LogP contribution in [0.3, 0.4) is 0 Å². The second-order valence-corrected chi connectivity index (χ2v) is 10.2. The van der Waals surface area contributed by atoms with Crippen molar-refractivity contribution in [2.24, 2.45) is 0 Å². The molecule has 1 aliphatic heterocycles. The minimum absolute atomic E-state index is 0.000511. The predicted octanol–water partition coefficient (Wildman–Crippen LogP) is 3.84. The predicted molar refractivity (Wildman–Crippen MR) is 145 cm³/mol. The van der Waals surface area contributed by atoms with E-state index in [0.29, 0.717) is 32.0 Å². The standard InChI is InChI=1S/C29H34N6O3/c1-19(2)21-10-8-20(9-11-21)16-34-17-23(35-18-26(32-33-35)29(37)38-3)14-27(34)28(36)30-13-12-22-15-31-25-7-5-4-6-24(22)25/h4-11,15,18-19,23,27,31H,12-14,16-17H2,1-3H3,(H,30,36)/t23-,27+/m1/s1. The van der Waals surface area contributed by atoms with Crippen LogP contribution in [0.2, 0.25) is 0 Å². The summed E-state index contributed by atoms with van der Waals surface area (Å²) in [5.74, 6) is -0.0606. The van der Waals surface area contributed by atoms with Gasteiger partial charge in [-0.3, -0.25) is 9.69 Å². The van der Waals surface area contributed by atoms with Gasteiger partial charge in [0.2, 0.25) is 5.91 Å². The molecular weight excluding hydrogens is 480 g/mol. The van der Waals surface area contributed by atoms with Crippen LogP contribution in [0.4, 0.5) is 0 Å². The lowest BCUT2D eigenvalue weighted by Crippen LogP contribution is -2.43. The lowest BCUT2D eigenvalue weighted by Gasteiger charge is -2.23. The molecular formula is C29H34N6O3. The van der Waals surface area contributed by atoms with Crippen LogP contribution in [-0.4, -0.2) is 63.0 Å². The first kappa shape index (κ1) is 25.7. The summed E-state index contributed by atoms with van der Waals surface area (Å²) in [6.45, 7) is 6.17. The highest BCUT2D eigenvalue weighted by molar-refractivity contribution is 5.86. The molecule has 0 saturated carbocycles. The van der Waals surface area contributed by atoms with E-state index < -0.39 is 5.97 Å². The van der Waals surface area contributed by atoms with E-state index in [9.17, 15) is 9.59 Å². The molecule has 2 aromatic carbocycles. The number of aromatic nitrogens is 4. The van der Waals surface area contributed by atoms with Crippen LogP contribution in [0.25, 0.3) is 10.9 Å². The van der Waals surface area contributed by atoms with Gasteiger partial charge in [0.05, 0.1) is 25.4 Å². The summed E-state index contributed by atoms with van der Waals surface area (Å²) in [7, 11) is 1.32. The number of H-pyrrole nitrogens is 1. The van der Waals surface area contributed by atoms with Crippen molar-refractivity contribution in [2.75, 3.05) is 20.2 Å². The molecule has 3 heterocycles. The lowest BCUT2D eigenvalue weighted by atomic mass is 10.0. The van der Waals surface area contributed by atoms with Crippen LogP contribution >= 0.6 is 0 Å². The van der Waals surface area contributed by atoms with Crippen molar-refractivity contribution in [2.45, 2.75) is 51.2 Å². The quantitative estimate of drug-likeness (QED) is 0.329. The Bertz CT molecular complexity index is 1410. The number of aromatic amines is 1. The number of hydrogen-bond acceptors (Lipinski definition) is 6. The summed E-state index contributed by atoms with van der Waals surface area (Å²) in [4.78, 5) is 30.8. The molecule has 2 N–H and O–H groups in total. The van der Waals surface area contributed by atoms with Gasteiger partial charge in [-0.25, -0.2) is 9.48 Å². The molecule has 38 heavy (non-hydrogen) atoms. The number of likely N-dealkylation sites (tertiary alicyclic amines) is 1. The first-order valence-electron chi connectivity index (χ1n) is 13.1. The smallest absolute Gasteiger partial charge is 0.360 e. The van der Waals surface area contributed by atoms with E-state index in [-0.39, 0.29) is 23.7 Å². The van der Waals surface area contributed by atoms with E-state index in [2.05, 4.69) is 75.8 Å². The number of amides is 1. The van der Waals surface area contributed by atoms with Crippen molar-refractivity contribution >= 4 is 22.8 Å². The molecule has 2 aromatic heterocycles. The zero-order valence-electron chi connectivity index (χ0n) is 22.1. The highest BCUT2D eigenvalue weighted by Gasteiger charge is 2.38. The van der Waals surface area contributed by atoms with Gasteiger partial charge >= 0.3 is 5.97 Å². The molecule has 198 valence electrons. The highest BCUT2D eigenvalue weighted by atomic mass is 16.5. The number of rotatable bonds is 9. The van der Waals surface area contributed by atoms with E-state index in [0.717, 1.165) is 17.5 Å². The molecule has 0 spiro atoms. The Kier molecular flexibility index (Phi) is 7.55. The fourth-order valence-electron chi connectivity index (χ4n) is 5.19. The zero-order valence-corrected chi connectivity index (χ0v) is 22.1. The van der Waals surface area contributed by atoms with Crippen molar-refractivity contribution in [3.05, 3.63) is 83.3 Å². The Morgan fingerprint density at radius 1 is 1.16 bits per heavy atom. The summed E-state index contributed by atoms with van der Waals surface area (Å²) in [5.41, 5.74) is 4.89. The number of benzene rings is 2. The Hall–Kier alpha value is -3.98. The summed E-state index contributed by atoms with van der Waals surface area (Å²) in [5, 5.41) is 12.5. The fraction of sp³-hybridized carbons (Fsp3) is 0.379. The van der Waals surface area contributed by atoms with Crippen LogP contribution in [0, 0.1) is 0 Å². The highest BCUT2D eigenvalue weighted by Crippen LogP contribution is 2.29. The zero-order chi connectivity index (χ0) is 26.6. The number of carbonyl (C=O) groups excluding carboxylic acids is 2. The number of ether oxygens (including phenoxy) is 1. The molecule has 1 fully saturated rings. The Morgan fingerprint density at radius 2 is 1.95 bits per heavy atom. The lowest BCUT2D eigenvalue weighted by molar-refractivity contribution is -0.125. The summed E-state index contributed by atoms with van der Waals surface area (Å²) < 4.78 is 6.45. The number of methoxy groups -OCH3 is 1. The van der Waals surface area contributed by atoms with E-state index >= 15 is 0 Å². The maximum absolute atomic E-state index is 13.4. The number of fused-ring (bicyclic) bond motifs is 1. The van der Waals surface area contributed by atoms with Crippen molar-refractivity contribution in [1.82, 2.24) is 30.2 Å². The maximum Gasteiger partial charge on any atom is 0.360 e. The molecule has 1 saturated heterocycles. The molecule has 0 bridgehead atoms. The minimum atomic E-state index is -0.525. The molecule has 2 atom stereocenters. The Balaban J connectivity index is 1.29. The van der Waals surface area contributed by atoms with Gasteiger partial charge in [0, 0.05) is 36.7 Å². The second kappa shape index (κ2) is 11.2. The second-order valence-electron chi connectivity index (χ2n) is 10.2. The average molecular weight is 515 g/mol. The Morgan fingerprint density at radius 3 is 2.71 bits per heavy atom. The molecule has 9 nitrogen and oxygen atoms in total. The van der Waals surface area contributed by atoms with Gasteiger partial charge in [-0.05, 0) is 41.5 Å². The van der Waals surface area contributed by atoms with E-state index in [1.165, 1.54) is 23.6 Å². The largest absolute Gasteiger partial charge is 0.464 e. The number of nitrogens with zero attached hydrogens (tertiary/aromatic N) is 4. The number of hydrogen-bond donors (Lipinski definition) is 2. The molecule has 1 aliphatic rings. The van der Waals surface area contributed by atoms with Crippen molar-refractivity contribution in [3.63, 3.8) is 0 Å². The fourth-order valence-corrected chi connectivity index (χ4v) is 5.19. The van der Waals surface area contributed by atoms with Gasteiger partial charge in [-0.15, -0.1) is 5.10 Å². The van der Waals surface area contributed by atoms with Crippen LogP contribution in [0.5, 0.6) is 0 Å². The summed E-state index contributed by atoms with van der Waals surface area (Å²) in [6.07, 6.45) is 4.93. The van der Waals surface area contributed by atoms with Gasteiger partial charge in [0.15, 0.2) is 5.69 Å². The topological polar surface area (TPSA) is 105 Å². The van der Waals surface area contributed by atoms with E-state index in [4.69, 9.17) is 4.74 Å². The van der Waals surface area contributed by atoms with Gasteiger partial charge in [0.1, 0.15) is 0 Å². The van der Waals surface area contributed by atoms with Crippen LogP contribution in [0.15, 0.2) is 60.9 Å². The van der Waals surface area contributed by atoms with Crippen molar-refractivity contribution < 1.29 is 14.3 Å². The summed E-state index contributed by atoms with van der Waals surface area (Å²) >= 11 is 0. The van der Waals surface area contributed by atoms with E-state index in [1.54, 1.807) is 10.9 Å². The number of carbonyl (C=O) groups is 2.